The lowest BCUT2D eigenvalue weighted by Gasteiger charge is -2.27. The molecule has 36 heavy (non-hydrogen) atoms. The largest absolute Gasteiger partial charge is 0.419 e. The van der Waals surface area contributed by atoms with Gasteiger partial charge in [0, 0.05) is 6.54 Å². The summed E-state index contributed by atoms with van der Waals surface area (Å²) in [5.74, 6) is -1.73. The first kappa shape index (κ1) is 25.5. The van der Waals surface area contributed by atoms with Crippen LogP contribution in [0.4, 0.5) is 17.6 Å². The van der Waals surface area contributed by atoms with Gasteiger partial charge in [0.05, 0.1) is 31.9 Å². The van der Waals surface area contributed by atoms with Crippen LogP contribution < -0.4 is 5.32 Å². The molecule has 3 aromatic rings. The number of hydrogen-bond donors (Lipinski definition) is 2. The molecule has 2 unspecified atom stereocenters. The highest BCUT2D eigenvalue weighted by Crippen LogP contribution is 2.31. The van der Waals surface area contributed by atoms with Crippen molar-refractivity contribution in [1.82, 2.24) is 35.5 Å². The Morgan fingerprint density at radius 1 is 1.19 bits per heavy atom. The van der Waals surface area contributed by atoms with Crippen LogP contribution in [0.1, 0.15) is 27.4 Å². The van der Waals surface area contributed by atoms with Gasteiger partial charge in [-0.2, -0.15) is 18.0 Å². The third kappa shape index (κ3) is 6.16. The molecule has 0 spiro atoms. The fourth-order valence-corrected chi connectivity index (χ4v) is 3.37. The number of aliphatic hydroxyl groups excluding tert-OH is 1. The normalized spacial score (nSPS) is 18.3. The summed E-state index contributed by atoms with van der Waals surface area (Å²) in [5, 5.41) is 23.7. The predicted molar refractivity (Wildman–Crippen MR) is 113 cm³/mol. The van der Waals surface area contributed by atoms with Crippen LogP contribution in [0.25, 0.3) is 11.5 Å². The maximum atomic E-state index is 13.5. The van der Waals surface area contributed by atoms with E-state index in [1.54, 1.807) is 6.92 Å². The molecule has 2 aromatic heterocycles. The molecule has 0 radical (unpaired) electrons. The number of aliphatic hydroxyl groups is 1. The second kappa shape index (κ2) is 10.6. The summed E-state index contributed by atoms with van der Waals surface area (Å²) in [5.41, 5.74) is -1.21. The van der Waals surface area contributed by atoms with E-state index >= 15 is 0 Å². The fraction of sp³-hybridized carbons (Fsp3) is 0.429. The van der Waals surface area contributed by atoms with Gasteiger partial charge in [0.15, 0.2) is 0 Å². The monoisotopic (exact) mass is 511 g/mol. The van der Waals surface area contributed by atoms with E-state index in [1.165, 1.54) is 10.9 Å². The van der Waals surface area contributed by atoms with Crippen molar-refractivity contribution in [3.05, 3.63) is 52.7 Å². The quantitative estimate of drug-likeness (QED) is 0.450. The smallest absolute Gasteiger partial charge is 0.394 e. The Labute approximate surface area is 201 Å². The number of aryl methyl sites for hydroxylation is 1. The average Bonchev–Trinajstić information content (AvgIpc) is 3.31. The van der Waals surface area contributed by atoms with Gasteiger partial charge in [-0.25, -0.2) is 14.4 Å². The van der Waals surface area contributed by atoms with Crippen LogP contribution in [-0.4, -0.2) is 73.2 Å². The molecular weight excluding hydrogens is 490 g/mol. The first-order valence-corrected chi connectivity index (χ1v) is 10.7. The van der Waals surface area contributed by atoms with Crippen molar-refractivity contribution in [2.75, 3.05) is 19.8 Å². The fourth-order valence-electron chi connectivity index (χ4n) is 3.37. The van der Waals surface area contributed by atoms with Gasteiger partial charge >= 0.3 is 6.18 Å². The molecule has 1 amide bonds. The summed E-state index contributed by atoms with van der Waals surface area (Å²) in [6.07, 6.45) is -5.57. The zero-order chi connectivity index (χ0) is 25.9. The zero-order valence-corrected chi connectivity index (χ0v) is 18.9. The molecule has 11 nitrogen and oxygen atoms in total. The van der Waals surface area contributed by atoms with Crippen LogP contribution in [-0.2, 0) is 28.7 Å². The zero-order valence-electron chi connectivity index (χ0n) is 18.9. The number of tetrazole rings is 1. The van der Waals surface area contributed by atoms with Crippen molar-refractivity contribution in [1.29, 1.82) is 0 Å². The van der Waals surface area contributed by atoms with Crippen molar-refractivity contribution < 1.29 is 36.9 Å². The first-order valence-electron chi connectivity index (χ1n) is 10.7. The van der Waals surface area contributed by atoms with Crippen molar-refractivity contribution >= 4 is 5.91 Å². The second-order valence-corrected chi connectivity index (χ2v) is 7.94. The van der Waals surface area contributed by atoms with Gasteiger partial charge in [-0.15, -0.1) is 10.2 Å². The number of nitrogens with zero attached hydrogens (tertiary/aromatic N) is 6. The summed E-state index contributed by atoms with van der Waals surface area (Å²) < 4.78 is 63.3. The Bertz CT molecular complexity index is 1230. The van der Waals surface area contributed by atoms with E-state index in [4.69, 9.17) is 14.6 Å². The van der Waals surface area contributed by atoms with Crippen LogP contribution in [0.15, 0.2) is 24.3 Å². The minimum absolute atomic E-state index is 0.0620. The molecule has 1 aliphatic rings. The van der Waals surface area contributed by atoms with Crippen molar-refractivity contribution in [2.45, 2.75) is 38.4 Å². The molecule has 1 aliphatic heterocycles. The topological polar surface area (TPSA) is 137 Å². The lowest BCUT2D eigenvalue weighted by Crippen LogP contribution is -2.40. The van der Waals surface area contributed by atoms with Crippen molar-refractivity contribution in [2.24, 2.45) is 0 Å². The number of rotatable bonds is 7. The number of amides is 1. The number of alkyl halides is 3. The molecule has 3 heterocycles. The van der Waals surface area contributed by atoms with E-state index in [9.17, 15) is 22.4 Å². The lowest BCUT2D eigenvalue weighted by molar-refractivity contribution is -0.150. The molecular formula is C21H21F4N7O4. The minimum Gasteiger partial charge on any atom is -0.394 e. The summed E-state index contributed by atoms with van der Waals surface area (Å²) in [7, 11) is 0. The third-order valence-corrected chi connectivity index (χ3v) is 5.15. The molecule has 1 aromatic carbocycles. The molecule has 1 fully saturated rings. The van der Waals surface area contributed by atoms with E-state index in [0.29, 0.717) is 12.1 Å². The van der Waals surface area contributed by atoms with Crippen LogP contribution in [0.2, 0.25) is 0 Å². The molecule has 4 rings (SSSR count). The average molecular weight is 511 g/mol. The van der Waals surface area contributed by atoms with Gasteiger partial charge in [-0.3, -0.25) is 4.79 Å². The number of ether oxygens (including phenoxy) is 2. The van der Waals surface area contributed by atoms with Gasteiger partial charge in [-0.05, 0) is 35.9 Å². The highest BCUT2D eigenvalue weighted by atomic mass is 19.4. The Balaban J connectivity index is 1.42. The van der Waals surface area contributed by atoms with E-state index in [0.717, 1.165) is 6.07 Å². The number of carbonyl (C=O) groups excluding carboxylic acids is 1. The van der Waals surface area contributed by atoms with E-state index in [-0.39, 0.29) is 73.7 Å². The molecule has 192 valence electrons. The molecule has 2 atom stereocenters. The molecule has 0 saturated carbocycles. The predicted octanol–water partition coefficient (Wildman–Crippen LogP) is 1.30. The highest BCUT2D eigenvalue weighted by molar-refractivity contribution is 5.93. The van der Waals surface area contributed by atoms with Crippen LogP contribution >= 0.6 is 0 Å². The summed E-state index contributed by atoms with van der Waals surface area (Å²) in [6.45, 7) is 1.85. The SMILES string of the molecule is Cc1nc(C(=O)NCc2ccc(F)c(C(F)(F)F)c2)cc(-c2nnn(CC3COC(CO)CO3)n2)n1. The van der Waals surface area contributed by atoms with E-state index in [2.05, 4.69) is 30.7 Å². The van der Waals surface area contributed by atoms with Gasteiger partial charge in [0.2, 0.25) is 5.82 Å². The Hall–Kier alpha value is -3.56. The number of carbonyl (C=O) groups is 1. The van der Waals surface area contributed by atoms with Gasteiger partial charge < -0.3 is 19.9 Å². The van der Waals surface area contributed by atoms with Gasteiger partial charge in [-0.1, -0.05) is 6.07 Å². The van der Waals surface area contributed by atoms with Crippen LogP contribution in [0.5, 0.6) is 0 Å². The molecule has 15 heteroatoms. The number of benzene rings is 1. The maximum absolute atomic E-state index is 13.5. The Kier molecular flexibility index (Phi) is 7.51. The lowest BCUT2D eigenvalue weighted by atomic mass is 10.1. The first-order chi connectivity index (χ1) is 17.1. The number of halogens is 4. The molecule has 0 bridgehead atoms. The minimum atomic E-state index is -4.86. The Morgan fingerprint density at radius 2 is 1.94 bits per heavy atom. The van der Waals surface area contributed by atoms with Crippen LogP contribution in [0.3, 0.4) is 0 Å². The summed E-state index contributed by atoms with van der Waals surface area (Å²) in [6, 6.07) is 3.80. The second-order valence-electron chi connectivity index (χ2n) is 7.94. The molecule has 0 aliphatic carbocycles. The van der Waals surface area contributed by atoms with Crippen molar-refractivity contribution in [3.63, 3.8) is 0 Å². The van der Waals surface area contributed by atoms with Gasteiger partial charge in [0.25, 0.3) is 5.91 Å². The number of hydrogen-bond acceptors (Lipinski definition) is 9. The molecule has 1 saturated heterocycles. The number of nitrogens with one attached hydrogen (secondary N) is 1. The standard InChI is InChI=1S/C21H21F4N7O4/c1-11-27-17(19-29-31-32(30-19)7-13-9-36-14(8-33)10-35-13)5-18(28-11)20(34)26-6-12-2-3-16(22)15(4-12)21(23,24)25/h2-5,13-14,33H,6-10H2,1H3,(H,26,34). The summed E-state index contributed by atoms with van der Waals surface area (Å²) >= 11 is 0. The molecule has 2 N–H and O–H groups in total. The van der Waals surface area contributed by atoms with E-state index in [1.807, 2.05) is 0 Å². The third-order valence-electron chi connectivity index (χ3n) is 5.15. The Morgan fingerprint density at radius 3 is 2.64 bits per heavy atom. The highest BCUT2D eigenvalue weighted by Gasteiger charge is 2.34. The van der Waals surface area contributed by atoms with E-state index < -0.39 is 23.5 Å². The van der Waals surface area contributed by atoms with Gasteiger partial charge in [0.1, 0.15) is 35.2 Å². The summed E-state index contributed by atoms with van der Waals surface area (Å²) in [4.78, 5) is 22.2. The van der Waals surface area contributed by atoms with Crippen molar-refractivity contribution in [3.8, 4) is 11.5 Å². The number of aromatic nitrogens is 6. The van der Waals surface area contributed by atoms with Crippen LogP contribution in [0, 0.1) is 12.7 Å². The maximum Gasteiger partial charge on any atom is 0.419 e.